The number of rotatable bonds is 3. The summed E-state index contributed by atoms with van der Waals surface area (Å²) in [7, 11) is 0. The van der Waals surface area contributed by atoms with Gasteiger partial charge in [-0.05, 0) is 48.5 Å². The van der Waals surface area contributed by atoms with E-state index in [0.29, 0.717) is 36.9 Å². The van der Waals surface area contributed by atoms with E-state index in [1.807, 2.05) is 24.3 Å². The van der Waals surface area contributed by atoms with Gasteiger partial charge in [-0.1, -0.05) is 11.6 Å². The van der Waals surface area contributed by atoms with Crippen molar-refractivity contribution in [3.63, 3.8) is 0 Å². The number of hydrogen-bond acceptors (Lipinski definition) is 3. The van der Waals surface area contributed by atoms with Gasteiger partial charge >= 0.3 is 12.4 Å². The van der Waals surface area contributed by atoms with Crippen LogP contribution < -0.4 is 15.0 Å². The van der Waals surface area contributed by atoms with Crippen molar-refractivity contribution in [2.75, 3.05) is 36.4 Å². The van der Waals surface area contributed by atoms with Gasteiger partial charge in [0, 0.05) is 42.6 Å². The second-order valence-corrected chi connectivity index (χ2v) is 6.39. The predicted molar refractivity (Wildman–Crippen MR) is 97.4 cm³/mol. The summed E-state index contributed by atoms with van der Waals surface area (Å²) in [4.78, 5) is 16.2. The third kappa shape index (κ3) is 5.43. The van der Waals surface area contributed by atoms with Gasteiger partial charge in [0.25, 0.3) is 0 Å². The summed E-state index contributed by atoms with van der Waals surface area (Å²) in [6, 6.07) is 12.3. The van der Waals surface area contributed by atoms with Crippen LogP contribution in [0.4, 0.5) is 29.3 Å². The predicted octanol–water partition coefficient (Wildman–Crippen LogP) is 4.59. The Kier molecular flexibility index (Phi) is 5.65. The molecule has 0 unspecified atom stereocenters. The zero-order valence-corrected chi connectivity index (χ0v) is 14.9. The number of benzene rings is 2. The van der Waals surface area contributed by atoms with Gasteiger partial charge in [0.15, 0.2) is 0 Å². The highest BCUT2D eigenvalue weighted by Gasteiger charge is 2.31. The number of carbonyl (C=O) groups is 1. The number of urea groups is 1. The van der Waals surface area contributed by atoms with Crippen LogP contribution in [0.3, 0.4) is 0 Å². The molecule has 1 N–H and O–H groups in total. The van der Waals surface area contributed by atoms with Crippen LogP contribution in [0.25, 0.3) is 0 Å². The molecule has 0 aliphatic carbocycles. The maximum atomic E-state index is 12.3. The molecule has 1 aliphatic heterocycles. The number of halogens is 4. The molecule has 2 aromatic carbocycles. The minimum Gasteiger partial charge on any atom is -0.406 e. The van der Waals surface area contributed by atoms with Gasteiger partial charge in [-0.3, -0.25) is 0 Å². The van der Waals surface area contributed by atoms with Crippen LogP contribution in [0.5, 0.6) is 5.75 Å². The number of ether oxygens (including phenoxy) is 1. The Bertz CT molecular complexity index is 774. The normalized spacial score (nSPS) is 14.8. The average Bonchev–Trinajstić information content (AvgIpc) is 2.63. The van der Waals surface area contributed by atoms with E-state index < -0.39 is 6.36 Å². The van der Waals surface area contributed by atoms with Crippen molar-refractivity contribution in [2.45, 2.75) is 6.36 Å². The van der Waals surface area contributed by atoms with Crippen molar-refractivity contribution in [1.82, 2.24) is 4.90 Å². The second kappa shape index (κ2) is 7.96. The fourth-order valence-corrected chi connectivity index (χ4v) is 2.89. The quantitative estimate of drug-likeness (QED) is 0.820. The van der Waals surface area contributed by atoms with Gasteiger partial charge in [-0.15, -0.1) is 13.2 Å². The number of piperazine rings is 1. The number of alkyl halides is 3. The Labute approximate surface area is 159 Å². The Balaban J connectivity index is 1.51. The Morgan fingerprint density at radius 1 is 0.963 bits per heavy atom. The Morgan fingerprint density at radius 2 is 1.56 bits per heavy atom. The lowest BCUT2D eigenvalue weighted by Crippen LogP contribution is -2.50. The standard InChI is InChI=1S/C18H17ClF3N3O2/c19-13-1-5-15(6-2-13)24-9-11-25(12-10-24)17(26)23-14-3-7-16(8-4-14)27-18(20,21)22/h1-8H,9-12H2,(H,23,26). The van der Waals surface area contributed by atoms with Crippen LogP contribution in [0.2, 0.25) is 5.02 Å². The van der Waals surface area contributed by atoms with E-state index in [1.54, 1.807) is 4.90 Å². The van der Waals surface area contributed by atoms with Crippen molar-refractivity contribution in [3.05, 3.63) is 53.6 Å². The lowest BCUT2D eigenvalue weighted by atomic mass is 10.2. The van der Waals surface area contributed by atoms with E-state index >= 15 is 0 Å². The first-order valence-electron chi connectivity index (χ1n) is 8.22. The minimum atomic E-state index is -4.74. The van der Waals surface area contributed by atoms with Crippen molar-refractivity contribution in [2.24, 2.45) is 0 Å². The van der Waals surface area contributed by atoms with Crippen LogP contribution in [0.1, 0.15) is 0 Å². The zero-order chi connectivity index (χ0) is 19.4. The molecule has 144 valence electrons. The van der Waals surface area contributed by atoms with Crippen LogP contribution >= 0.6 is 11.6 Å². The Morgan fingerprint density at radius 3 is 2.11 bits per heavy atom. The Hall–Kier alpha value is -2.61. The number of nitrogens with zero attached hydrogens (tertiary/aromatic N) is 2. The molecule has 1 saturated heterocycles. The van der Waals surface area contributed by atoms with Crippen molar-refractivity contribution < 1.29 is 22.7 Å². The van der Waals surface area contributed by atoms with Gasteiger partial charge in [0.05, 0.1) is 0 Å². The summed E-state index contributed by atoms with van der Waals surface area (Å²) in [5.41, 5.74) is 1.44. The molecule has 1 fully saturated rings. The van der Waals surface area contributed by atoms with Crippen molar-refractivity contribution in [3.8, 4) is 5.75 Å². The van der Waals surface area contributed by atoms with Crippen LogP contribution in [0.15, 0.2) is 48.5 Å². The summed E-state index contributed by atoms with van der Waals surface area (Å²) >= 11 is 5.89. The number of amides is 2. The molecule has 0 radical (unpaired) electrons. The van der Waals surface area contributed by atoms with E-state index in [-0.39, 0.29) is 11.8 Å². The molecule has 2 amide bonds. The summed E-state index contributed by atoms with van der Waals surface area (Å²) in [5.74, 6) is -0.336. The smallest absolute Gasteiger partial charge is 0.406 e. The number of hydrogen-bond donors (Lipinski definition) is 1. The summed E-state index contributed by atoms with van der Waals surface area (Å²) in [6.45, 7) is 2.41. The van der Waals surface area contributed by atoms with Crippen LogP contribution in [-0.4, -0.2) is 43.5 Å². The minimum absolute atomic E-state index is 0.296. The molecule has 0 atom stereocenters. The molecule has 2 aromatic rings. The first-order chi connectivity index (χ1) is 12.8. The highest BCUT2D eigenvalue weighted by Crippen LogP contribution is 2.24. The van der Waals surface area contributed by atoms with E-state index in [4.69, 9.17) is 11.6 Å². The first-order valence-corrected chi connectivity index (χ1v) is 8.60. The molecular formula is C18H17ClF3N3O2. The fourth-order valence-electron chi connectivity index (χ4n) is 2.76. The maximum Gasteiger partial charge on any atom is 0.573 e. The fraction of sp³-hybridized carbons (Fsp3) is 0.278. The van der Waals surface area contributed by atoms with Gasteiger partial charge in [-0.25, -0.2) is 4.79 Å². The van der Waals surface area contributed by atoms with Crippen LogP contribution in [0, 0.1) is 0 Å². The van der Waals surface area contributed by atoms with Gasteiger partial charge in [0.1, 0.15) is 5.75 Å². The highest BCUT2D eigenvalue weighted by atomic mass is 35.5. The van der Waals surface area contributed by atoms with E-state index in [2.05, 4.69) is 15.0 Å². The molecule has 0 aromatic heterocycles. The SMILES string of the molecule is O=C(Nc1ccc(OC(F)(F)F)cc1)N1CCN(c2ccc(Cl)cc2)CC1. The number of carbonyl (C=O) groups excluding carboxylic acids is 1. The summed E-state index contributed by atoms with van der Waals surface area (Å²) in [6.07, 6.45) is -4.74. The molecule has 0 spiro atoms. The lowest BCUT2D eigenvalue weighted by Gasteiger charge is -2.36. The topological polar surface area (TPSA) is 44.8 Å². The lowest BCUT2D eigenvalue weighted by molar-refractivity contribution is -0.274. The van der Waals surface area contributed by atoms with Gasteiger partial charge < -0.3 is 19.9 Å². The number of nitrogens with one attached hydrogen (secondary N) is 1. The molecule has 3 rings (SSSR count). The largest absolute Gasteiger partial charge is 0.573 e. The number of anilines is 2. The third-order valence-electron chi connectivity index (χ3n) is 4.10. The maximum absolute atomic E-state index is 12.3. The van der Waals surface area contributed by atoms with Crippen LogP contribution in [-0.2, 0) is 0 Å². The third-order valence-corrected chi connectivity index (χ3v) is 4.35. The molecule has 0 bridgehead atoms. The van der Waals surface area contributed by atoms with E-state index in [0.717, 1.165) is 17.8 Å². The molecular weight excluding hydrogens is 383 g/mol. The van der Waals surface area contributed by atoms with Crippen molar-refractivity contribution in [1.29, 1.82) is 0 Å². The molecule has 1 aliphatic rings. The molecule has 27 heavy (non-hydrogen) atoms. The molecule has 0 saturated carbocycles. The first kappa shape index (κ1) is 19.2. The van der Waals surface area contributed by atoms with E-state index in [1.165, 1.54) is 12.1 Å². The molecule has 9 heteroatoms. The molecule has 5 nitrogen and oxygen atoms in total. The van der Waals surface area contributed by atoms with E-state index in [9.17, 15) is 18.0 Å². The second-order valence-electron chi connectivity index (χ2n) is 5.95. The monoisotopic (exact) mass is 399 g/mol. The average molecular weight is 400 g/mol. The zero-order valence-electron chi connectivity index (χ0n) is 14.2. The summed E-state index contributed by atoms with van der Waals surface area (Å²) in [5, 5.41) is 3.35. The van der Waals surface area contributed by atoms with Gasteiger partial charge in [-0.2, -0.15) is 0 Å². The van der Waals surface area contributed by atoms with Gasteiger partial charge in [0.2, 0.25) is 0 Å². The highest BCUT2D eigenvalue weighted by molar-refractivity contribution is 6.30. The van der Waals surface area contributed by atoms with Crippen molar-refractivity contribution >= 4 is 29.0 Å². The summed E-state index contributed by atoms with van der Waals surface area (Å²) < 4.78 is 40.3. The molecule has 1 heterocycles.